The van der Waals surface area contributed by atoms with Crippen molar-refractivity contribution < 1.29 is 38.4 Å². The predicted octanol–water partition coefficient (Wildman–Crippen LogP) is 20.6. The van der Waals surface area contributed by atoms with E-state index in [0.717, 1.165) is 159 Å². The molecular weight excluding hydrogens is 1360 g/mol. The fraction of sp³-hybridized carbons (Fsp3) is 0.398. The molecule has 109 heavy (non-hydrogen) atoms. The van der Waals surface area contributed by atoms with E-state index in [2.05, 4.69) is 104 Å². The molecule has 0 bridgehead atoms. The molecule has 0 radical (unpaired) electrons. The Kier molecular flexibility index (Phi) is 29.7. The van der Waals surface area contributed by atoms with Gasteiger partial charge < -0.3 is 37.9 Å². The number of likely N-dealkylation sites (tertiary alicyclic amines) is 2. The number of hydrogen-bond acceptors (Lipinski definition) is 12. The quantitative estimate of drug-likeness (QED) is 0.0556. The van der Waals surface area contributed by atoms with E-state index < -0.39 is 0 Å². The number of carbonyl (C=O) groups is 8. The Morgan fingerprint density at radius 1 is 0.321 bits per heavy atom. The summed E-state index contributed by atoms with van der Waals surface area (Å²) < 4.78 is 9.30. The number of rotatable bonds is 23. The molecule has 2 aliphatic rings. The molecule has 2 fully saturated rings. The van der Waals surface area contributed by atoms with Gasteiger partial charge in [-0.1, -0.05) is 43.6 Å². The maximum absolute atomic E-state index is 11.9. The summed E-state index contributed by atoms with van der Waals surface area (Å²) in [6, 6.07) is 48.5. The molecule has 0 aliphatic carbocycles. The van der Waals surface area contributed by atoms with Crippen LogP contribution in [0.3, 0.4) is 0 Å². The Labute approximate surface area is 646 Å². The highest BCUT2D eigenvalue weighted by molar-refractivity contribution is 6.17. The number of likely N-dealkylation sites (N-methyl/N-ethyl adjacent to an activating group) is 1. The van der Waals surface area contributed by atoms with Gasteiger partial charge in [0, 0.05) is 177 Å². The second-order valence-electron chi connectivity index (χ2n) is 29.2. The summed E-state index contributed by atoms with van der Waals surface area (Å²) in [5.74, 6) is 0.469. The normalized spacial score (nSPS) is 14.2. The third kappa shape index (κ3) is 18.9. The van der Waals surface area contributed by atoms with Gasteiger partial charge in [-0.05, 0) is 307 Å². The van der Waals surface area contributed by atoms with Gasteiger partial charge in [-0.2, -0.15) is 0 Å². The Morgan fingerprint density at radius 3 is 0.716 bits per heavy atom. The van der Waals surface area contributed by atoms with E-state index in [1.54, 1.807) is 55.4 Å². The van der Waals surface area contributed by atoms with Gasteiger partial charge in [0.05, 0.1) is 0 Å². The van der Waals surface area contributed by atoms with Crippen molar-refractivity contribution in [2.24, 2.45) is 0 Å². The molecule has 2 atom stereocenters. The van der Waals surface area contributed by atoms with Crippen LogP contribution in [0.5, 0.6) is 0 Å². The number of fused-ring (bicyclic) bond motifs is 12. The summed E-state index contributed by atoms with van der Waals surface area (Å²) in [6.45, 7) is 27.1. The molecule has 0 amide bonds. The van der Waals surface area contributed by atoms with E-state index in [0.29, 0.717) is 56.6 Å². The Morgan fingerprint density at radius 2 is 0.532 bits per heavy atom. The zero-order chi connectivity index (χ0) is 75.2. The molecule has 2 unspecified atom stereocenters. The minimum absolute atomic E-state index is 0. The van der Waals surface area contributed by atoms with Crippen LogP contribution in [0.4, 0.5) is 0 Å². The Hall–Kier alpha value is -9.84. The Balaban J connectivity index is 0.000000200. The molecule has 0 spiro atoms. The minimum atomic E-state index is 0. The van der Waals surface area contributed by atoms with Crippen molar-refractivity contribution in [3.8, 4) is 0 Å². The number of ketones is 8. The smallest absolute Gasteiger partial charge is 0.159 e. The first-order chi connectivity index (χ1) is 50.2. The van der Waals surface area contributed by atoms with Crippen LogP contribution in [-0.4, -0.2) is 164 Å². The third-order valence-corrected chi connectivity index (χ3v) is 21.9. The number of benzene rings is 8. The third-order valence-electron chi connectivity index (χ3n) is 21.9. The minimum Gasteiger partial charge on any atom is -0.340 e. The van der Waals surface area contributed by atoms with Crippen LogP contribution in [0, 0.1) is 0 Å². The lowest BCUT2D eigenvalue weighted by atomic mass is 10.0. The first-order valence-electron chi connectivity index (χ1n) is 37.3. The molecule has 16 heteroatoms. The lowest BCUT2D eigenvalue weighted by molar-refractivity contribution is 0.100. The fourth-order valence-corrected chi connectivity index (χ4v) is 15.7. The van der Waals surface area contributed by atoms with E-state index in [4.69, 9.17) is 0 Å². The monoisotopic (exact) mass is 1470 g/mol. The molecule has 0 saturated carbocycles. The van der Waals surface area contributed by atoms with Crippen molar-refractivity contribution in [2.45, 2.75) is 182 Å². The number of nitrogens with zero attached hydrogens (tertiary/aromatic N) is 8. The maximum Gasteiger partial charge on any atom is 0.159 e. The molecule has 12 aromatic rings. The van der Waals surface area contributed by atoms with E-state index in [1.165, 1.54) is 38.8 Å². The summed E-state index contributed by atoms with van der Waals surface area (Å²) in [6.07, 6.45) is 8.33. The van der Waals surface area contributed by atoms with Gasteiger partial charge in [-0.15, -0.1) is 0 Å². The molecular formula is C93H118N8O8. The highest BCUT2D eigenvalue weighted by atomic mass is 16.1. The standard InChI is InChI=1S/2C23H26N2O2.C22H26N2O2.C21H24N2O2.4CH4/c2*1-15(26)17-6-8-22-20(13-17)21-14-18(16(2)27)7-9-23(21)25(22)12-10-19-5-4-11-24(19)3;1-5-23(6-2)11-12-24-21-9-7-17(15(3)25)13-19(21)20-14-18(16(4)26)8-10-22(20)24;1-14(24)16-6-8-20-18(12-16)19-13-17(15(2)25)7-9-21(19)23(20)11-5-10-22(3)4;;;;/h2*6-9,13-14,19H,4-5,10-12H2,1-3H3;7-10,13-14H,5-6,11-12H2,1-4H3;6-9,12-13H,5,10-11H2,1-4H3;4*1H4. The van der Waals surface area contributed by atoms with Crippen molar-refractivity contribution in [2.75, 3.05) is 67.5 Å². The van der Waals surface area contributed by atoms with E-state index in [-0.39, 0.29) is 76.0 Å². The van der Waals surface area contributed by atoms with Crippen LogP contribution >= 0.6 is 0 Å². The molecule has 6 heterocycles. The van der Waals surface area contributed by atoms with Gasteiger partial charge in [0.1, 0.15) is 0 Å². The number of aromatic nitrogens is 4. The topological polar surface area (TPSA) is 169 Å². The van der Waals surface area contributed by atoms with Crippen LogP contribution < -0.4 is 0 Å². The van der Waals surface area contributed by atoms with Crippen molar-refractivity contribution in [1.29, 1.82) is 0 Å². The summed E-state index contributed by atoms with van der Waals surface area (Å²) in [5, 5.41) is 8.37. The molecule has 14 rings (SSSR count). The van der Waals surface area contributed by atoms with Crippen LogP contribution in [0.2, 0.25) is 0 Å². The van der Waals surface area contributed by atoms with Crippen LogP contribution in [0.15, 0.2) is 146 Å². The number of Topliss-reactive ketones (excluding diaryl/α,β-unsaturated/α-hetero) is 8. The second kappa shape index (κ2) is 37.5. The van der Waals surface area contributed by atoms with Crippen LogP contribution in [0.25, 0.3) is 87.2 Å². The molecule has 0 N–H and O–H groups in total. The van der Waals surface area contributed by atoms with Crippen molar-refractivity contribution in [3.63, 3.8) is 0 Å². The molecule has 2 saturated heterocycles. The van der Waals surface area contributed by atoms with Gasteiger partial charge in [0.2, 0.25) is 0 Å². The number of carbonyl (C=O) groups excluding carboxylic acids is 8. The summed E-state index contributed by atoms with van der Waals surface area (Å²) >= 11 is 0. The summed E-state index contributed by atoms with van der Waals surface area (Å²) in [7, 11) is 8.57. The SMILES string of the molecule is C.C.C.C.CC(=O)c1ccc2c(c1)c1cc(C(C)=O)ccc1n2CCC1CCCN1C.CC(=O)c1ccc2c(c1)c1cc(C(C)=O)ccc1n2CCC1CCCN1C.CC(=O)c1ccc2c(c1)c1cc(C(C)=O)ccc1n2CCCN(C)C.CCN(CC)CCn1c2ccc(C(C)=O)cc2c2cc(C(C)=O)ccc21. The van der Waals surface area contributed by atoms with Gasteiger partial charge in [-0.3, -0.25) is 38.4 Å². The van der Waals surface area contributed by atoms with E-state index in [1.807, 2.05) is 121 Å². The van der Waals surface area contributed by atoms with Crippen molar-refractivity contribution in [3.05, 3.63) is 190 Å². The summed E-state index contributed by atoms with van der Waals surface area (Å²) in [5.41, 5.74) is 14.6. The van der Waals surface area contributed by atoms with Gasteiger partial charge in [-0.25, -0.2) is 0 Å². The zero-order valence-electron chi connectivity index (χ0n) is 63.9. The average Bonchev–Trinajstić information content (AvgIpc) is 1.63. The molecule has 16 nitrogen and oxygen atoms in total. The van der Waals surface area contributed by atoms with E-state index in [9.17, 15) is 38.4 Å². The molecule has 578 valence electrons. The maximum atomic E-state index is 11.9. The lowest BCUT2D eigenvalue weighted by Crippen LogP contribution is -2.26. The van der Waals surface area contributed by atoms with Crippen molar-refractivity contribution in [1.82, 2.24) is 37.9 Å². The predicted molar refractivity (Wildman–Crippen MR) is 456 cm³/mol. The first-order valence-corrected chi connectivity index (χ1v) is 37.3. The van der Waals surface area contributed by atoms with Gasteiger partial charge in [0.25, 0.3) is 0 Å². The molecule has 8 aromatic carbocycles. The van der Waals surface area contributed by atoms with Crippen LogP contribution in [-0.2, 0) is 26.2 Å². The zero-order valence-corrected chi connectivity index (χ0v) is 63.9. The molecule has 4 aromatic heterocycles. The Bertz CT molecular complexity index is 4910. The highest BCUT2D eigenvalue weighted by Gasteiger charge is 2.25. The number of aryl methyl sites for hydroxylation is 3. The second-order valence-corrected chi connectivity index (χ2v) is 29.2. The van der Waals surface area contributed by atoms with Crippen molar-refractivity contribution >= 4 is 133 Å². The lowest BCUT2D eigenvalue weighted by Gasteiger charge is -2.20. The largest absolute Gasteiger partial charge is 0.340 e. The highest BCUT2D eigenvalue weighted by Crippen LogP contribution is 2.37. The molecule has 2 aliphatic heterocycles. The number of hydrogen-bond donors (Lipinski definition) is 0. The van der Waals surface area contributed by atoms with E-state index >= 15 is 0 Å². The fourth-order valence-electron chi connectivity index (χ4n) is 15.7. The van der Waals surface area contributed by atoms with Gasteiger partial charge in [0.15, 0.2) is 46.3 Å². The first kappa shape index (κ1) is 86.4. The van der Waals surface area contributed by atoms with Gasteiger partial charge >= 0.3 is 0 Å². The average molecular weight is 1480 g/mol. The van der Waals surface area contributed by atoms with Crippen LogP contribution in [0.1, 0.15) is 227 Å². The summed E-state index contributed by atoms with van der Waals surface area (Å²) in [4.78, 5) is 104.